The fraction of sp³-hybridized carbons (Fsp3) is 0.0833. The predicted molar refractivity (Wildman–Crippen MR) is 129 cm³/mol. The van der Waals surface area contributed by atoms with E-state index < -0.39 is 0 Å². The van der Waals surface area contributed by atoms with Crippen LogP contribution in [-0.2, 0) is 11.4 Å². The Morgan fingerprint density at radius 3 is 2.55 bits per heavy atom. The zero-order chi connectivity index (χ0) is 21.8. The molecule has 1 amide bonds. The summed E-state index contributed by atoms with van der Waals surface area (Å²) in [5.41, 5.74) is 3.55. The summed E-state index contributed by atoms with van der Waals surface area (Å²) in [5, 5.41) is 4.15. The van der Waals surface area contributed by atoms with E-state index in [1.807, 2.05) is 61.5 Å². The van der Waals surface area contributed by atoms with Crippen LogP contribution in [0.1, 0.15) is 16.7 Å². The number of aliphatic imine (C=N–C) groups is 1. The second-order valence-electron chi connectivity index (χ2n) is 6.90. The Labute approximate surface area is 194 Å². The molecule has 4 rings (SSSR count). The summed E-state index contributed by atoms with van der Waals surface area (Å²) in [4.78, 5) is 17.5. The first-order valence-electron chi connectivity index (χ1n) is 9.50. The van der Waals surface area contributed by atoms with Gasteiger partial charge < -0.3 is 10.1 Å². The van der Waals surface area contributed by atoms with Crippen LogP contribution in [0.3, 0.4) is 0 Å². The molecule has 0 aliphatic carbocycles. The highest BCUT2D eigenvalue weighted by Gasteiger charge is 2.25. The third-order valence-electron chi connectivity index (χ3n) is 4.47. The average molecular weight is 469 g/mol. The highest BCUT2D eigenvalue weighted by atomic mass is 35.5. The van der Waals surface area contributed by atoms with Gasteiger partial charge in [-0.2, -0.15) is 0 Å². The Kier molecular flexibility index (Phi) is 6.66. The maximum Gasteiger partial charge on any atom is 0.264 e. The van der Waals surface area contributed by atoms with Crippen LogP contribution in [0.15, 0.2) is 76.6 Å². The third kappa shape index (κ3) is 5.50. The number of amides is 1. The van der Waals surface area contributed by atoms with Crippen LogP contribution in [0.5, 0.6) is 5.75 Å². The van der Waals surface area contributed by atoms with E-state index in [4.69, 9.17) is 27.9 Å². The van der Waals surface area contributed by atoms with E-state index in [2.05, 4.69) is 10.3 Å². The van der Waals surface area contributed by atoms with Crippen molar-refractivity contribution >= 4 is 57.8 Å². The molecule has 0 unspecified atom stereocenters. The number of rotatable bonds is 5. The van der Waals surface area contributed by atoms with Gasteiger partial charge in [0.2, 0.25) is 0 Å². The number of thioether (sulfide) groups is 1. The molecule has 7 heteroatoms. The number of nitrogens with one attached hydrogen (secondary N) is 1. The van der Waals surface area contributed by atoms with Gasteiger partial charge in [0, 0.05) is 10.6 Å². The molecule has 1 N–H and O–H groups in total. The number of hydrogen-bond acceptors (Lipinski definition) is 4. The summed E-state index contributed by atoms with van der Waals surface area (Å²) in [6, 6.07) is 20.9. The zero-order valence-corrected chi connectivity index (χ0v) is 18.9. The highest BCUT2D eigenvalue weighted by molar-refractivity contribution is 8.18. The number of hydrogen-bond donors (Lipinski definition) is 1. The molecular formula is C24H18Cl2N2O2S. The fourth-order valence-electron chi connectivity index (χ4n) is 2.93. The van der Waals surface area contributed by atoms with Crippen molar-refractivity contribution in [3.63, 3.8) is 0 Å². The van der Waals surface area contributed by atoms with Crippen molar-refractivity contribution in [3.8, 4) is 5.75 Å². The minimum Gasteiger partial charge on any atom is -0.487 e. The van der Waals surface area contributed by atoms with Gasteiger partial charge in [0.15, 0.2) is 5.17 Å². The van der Waals surface area contributed by atoms with E-state index in [0.717, 1.165) is 16.8 Å². The average Bonchev–Trinajstić information content (AvgIpc) is 3.08. The summed E-state index contributed by atoms with van der Waals surface area (Å²) in [5.74, 6) is 0.237. The van der Waals surface area contributed by atoms with Crippen molar-refractivity contribution in [1.82, 2.24) is 5.32 Å². The lowest BCUT2D eigenvalue weighted by Gasteiger charge is -2.12. The first-order chi connectivity index (χ1) is 15.0. The molecule has 0 aromatic heterocycles. The Balaban J connectivity index is 1.60. The van der Waals surface area contributed by atoms with E-state index in [1.54, 1.807) is 18.2 Å². The van der Waals surface area contributed by atoms with Crippen molar-refractivity contribution in [2.75, 3.05) is 0 Å². The SMILES string of the molecule is Cc1ccc(N=C2NC(=O)/C(=C/c3cc(Cl)cc(Cl)c3OCc3ccccc3)S2)cc1. The summed E-state index contributed by atoms with van der Waals surface area (Å²) in [6.07, 6.45) is 1.72. The highest BCUT2D eigenvalue weighted by Crippen LogP contribution is 2.37. The first kappa shape index (κ1) is 21.5. The number of aryl methyl sites for hydroxylation is 1. The quantitative estimate of drug-likeness (QED) is 0.420. The predicted octanol–water partition coefficient (Wildman–Crippen LogP) is 6.77. The molecule has 156 valence electrons. The molecule has 1 aliphatic heterocycles. The lowest BCUT2D eigenvalue weighted by atomic mass is 10.1. The van der Waals surface area contributed by atoms with Gasteiger partial charge in [0.05, 0.1) is 15.6 Å². The van der Waals surface area contributed by atoms with Gasteiger partial charge in [-0.3, -0.25) is 4.79 Å². The lowest BCUT2D eigenvalue weighted by Crippen LogP contribution is -2.19. The molecule has 0 saturated carbocycles. The van der Waals surface area contributed by atoms with E-state index in [0.29, 0.717) is 38.0 Å². The second-order valence-corrected chi connectivity index (χ2v) is 8.77. The molecule has 1 fully saturated rings. The van der Waals surface area contributed by atoms with Crippen molar-refractivity contribution in [2.24, 2.45) is 4.99 Å². The number of carbonyl (C=O) groups excluding carboxylic acids is 1. The number of nitrogens with zero attached hydrogens (tertiary/aromatic N) is 1. The number of benzene rings is 3. The van der Waals surface area contributed by atoms with Gasteiger partial charge in [-0.1, -0.05) is 71.2 Å². The molecule has 31 heavy (non-hydrogen) atoms. The van der Waals surface area contributed by atoms with Gasteiger partial charge in [-0.25, -0.2) is 4.99 Å². The minimum atomic E-state index is -0.235. The smallest absolute Gasteiger partial charge is 0.264 e. The number of carbonyl (C=O) groups is 1. The summed E-state index contributed by atoms with van der Waals surface area (Å²) in [7, 11) is 0. The van der Waals surface area contributed by atoms with Gasteiger partial charge in [0.25, 0.3) is 5.91 Å². The third-order valence-corrected chi connectivity index (χ3v) is 5.87. The Morgan fingerprint density at radius 2 is 1.81 bits per heavy atom. The summed E-state index contributed by atoms with van der Waals surface area (Å²) in [6.45, 7) is 2.36. The Bertz CT molecular complexity index is 1180. The van der Waals surface area contributed by atoms with Crippen LogP contribution >= 0.6 is 35.0 Å². The lowest BCUT2D eigenvalue weighted by molar-refractivity contribution is -0.115. The first-order valence-corrected chi connectivity index (χ1v) is 11.1. The minimum absolute atomic E-state index is 0.235. The fourth-order valence-corrected chi connectivity index (χ4v) is 4.32. The van der Waals surface area contributed by atoms with Crippen LogP contribution in [0, 0.1) is 6.92 Å². The van der Waals surface area contributed by atoms with E-state index in [-0.39, 0.29) is 5.91 Å². The standard InChI is InChI=1S/C24H18Cl2N2O2S/c1-15-7-9-19(10-8-15)27-24-28-23(29)21(31-24)12-17-11-18(25)13-20(26)22(17)30-14-16-5-3-2-4-6-16/h2-13H,14H2,1H3,(H,27,28,29)/b21-12-. The topological polar surface area (TPSA) is 50.7 Å². The van der Waals surface area contributed by atoms with Gasteiger partial charge in [-0.05, 0) is 54.6 Å². The molecule has 0 spiro atoms. The molecule has 3 aromatic carbocycles. The molecular weight excluding hydrogens is 451 g/mol. The Morgan fingerprint density at radius 1 is 1.06 bits per heavy atom. The molecule has 4 nitrogen and oxygen atoms in total. The van der Waals surface area contributed by atoms with E-state index in [9.17, 15) is 4.79 Å². The second kappa shape index (κ2) is 9.60. The largest absolute Gasteiger partial charge is 0.487 e. The number of halogens is 2. The molecule has 0 radical (unpaired) electrons. The number of amidine groups is 1. The zero-order valence-electron chi connectivity index (χ0n) is 16.6. The molecule has 0 atom stereocenters. The normalized spacial score (nSPS) is 16.0. The van der Waals surface area contributed by atoms with Gasteiger partial charge in [0.1, 0.15) is 12.4 Å². The van der Waals surface area contributed by atoms with Crippen LogP contribution in [-0.4, -0.2) is 11.1 Å². The number of ether oxygens (including phenoxy) is 1. The van der Waals surface area contributed by atoms with Gasteiger partial charge in [-0.15, -0.1) is 0 Å². The molecule has 1 aliphatic rings. The van der Waals surface area contributed by atoms with Crippen molar-refractivity contribution in [2.45, 2.75) is 13.5 Å². The van der Waals surface area contributed by atoms with E-state index in [1.165, 1.54) is 11.8 Å². The van der Waals surface area contributed by atoms with Gasteiger partial charge >= 0.3 is 0 Å². The van der Waals surface area contributed by atoms with Crippen molar-refractivity contribution in [3.05, 3.63) is 98.4 Å². The maximum absolute atomic E-state index is 12.5. The van der Waals surface area contributed by atoms with Crippen molar-refractivity contribution in [1.29, 1.82) is 0 Å². The molecule has 1 saturated heterocycles. The molecule has 0 bridgehead atoms. The molecule has 3 aromatic rings. The summed E-state index contributed by atoms with van der Waals surface area (Å²) < 4.78 is 5.98. The molecule has 1 heterocycles. The monoisotopic (exact) mass is 468 g/mol. The summed E-state index contributed by atoms with van der Waals surface area (Å²) >= 11 is 13.9. The van der Waals surface area contributed by atoms with Crippen LogP contribution in [0.4, 0.5) is 5.69 Å². The van der Waals surface area contributed by atoms with Crippen LogP contribution in [0.25, 0.3) is 6.08 Å². The van der Waals surface area contributed by atoms with Crippen molar-refractivity contribution < 1.29 is 9.53 Å². The van der Waals surface area contributed by atoms with Crippen LogP contribution in [0.2, 0.25) is 10.0 Å². The van der Waals surface area contributed by atoms with Crippen LogP contribution < -0.4 is 10.1 Å². The van der Waals surface area contributed by atoms with E-state index >= 15 is 0 Å². The Hall–Kier alpha value is -2.73. The maximum atomic E-state index is 12.5.